The van der Waals surface area contributed by atoms with Crippen LogP contribution >= 0.6 is 0 Å². The number of ether oxygens (including phenoxy) is 2. The maximum Gasteiger partial charge on any atom is 0.352 e. The van der Waals surface area contributed by atoms with Crippen LogP contribution in [0.4, 0.5) is 5.95 Å². The van der Waals surface area contributed by atoms with Crippen LogP contribution in [0.2, 0.25) is 0 Å². The first kappa shape index (κ1) is 14.9. The highest BCUT2D eigenvalue weighted by Gasteiger charge is 2.26. The molecule has 8 nitrogen and oxygen atoms in total. The predicted molar refractivity (Wildman–Crippen MR) is 81.7 cm³/mol. The molecule has 2 heterocycles. The quantitative estimate of drug-likeness (QED) is 0.865. The summed E-state index contributed by atoms with van der Waals surface area (Å²) in [5.74, 6) is 0.536. The second-order valence-corrected chi connectivity index (χ2v) is 4.83. The van der Waals surface area contributed by atoms with Crippen LogP contribution in [0.3, 0.4) is 0 Å². The third kappa shape index (κ3) is 2.70. The van der Waals surface area contributed by atoms with E-state index in [9.17, 15) is 9.90 Å². The van der Waals surface area contributed by atoms with Crippen molar-refractivity contribution in [3.8, 4) is 11.5 Å². The number of aliphatic carboxylic acids is 1. The first-order valence-electron chi connectivity index (χ1n) is 7.06. The van der Waals surface area contributed by atoms with Gasteiger partial charge in [-0.2, -0.15) is 10.1 Å². The molecule has 2 aromatic rings. The van der Waals surface area contributed by atoms with E-state index in [2.05, 4.69) is 15.4 Å². The fourth-order valence-electron chi connectivity index (χ4n) is 2.44. The summed E-state index contributed by atoms with van der Waals surface area (Å²) >= 11 is 0. The average molecular weight is 316 g/mol. The lowest BCUT2D eigenvalue weighted by Gasteiger charge is -2.23. The average Bonchev–Trinajstić information content (AvgIpc) is 3.03. The highest BCUT2D eigenvalue weighted by Crippen LogP contribution is 2.34. The van der Waals surface area contributed by atoms with Crippen molar-refractivity contribution in [2.45, 2.75) is 13.0 Å². The van der Waals surface area contributed by atoms with Gasteiger partial charge in [-0.1, -0.05) is 6.07 Å². The molecule has 0 spiro atoms. The number of anilines is 1. The number of fused-ring (bicyclic) bond motifs is 1. The Bertz CT molecular complexity index is 769. The number of hydrogen-bond acceptors (Lipinski definition) is 6. The molecule has 23 heavy (non-hydrogen) atoms. The number of allylic oxidation sites excluding steroid dienone is 1. The molecule has 0 aliphatic carbocycles. The highest BCUT2D eigenvalue weighted by atomic mass is 16.5. The minimum atomic E-state index is -1.05. The lowest BCUT2D eigenvalue weighted by molar-refractivity contribution is -0.132. The molecule has 2 N–H and O–H groups in total. The van der Waals surface area contributed by atoms with Gasteiger partial charge in [-0.15, -0.1) is 0 Å². The van der Waals surface area contributed by atoms with Crippen molar-refractivity contribution < 1.29 is 19.4 Å². The molecule has 3 rings (SSSR count). The monoisotopic (exact) mass is 316 g/mol. The van der Waals surface area contributed by atoms with E-state index in [1.165, 1.54) is 6.33 Å². The van der Waals surface area contributed by atoms with E-state index in [4.69, 9.17) is 9.47 Å². The van der Waals surface area contributed by atoms with Crippen LogP contribution < -0.4 is 14.8 Å². The zero-order chi connectivity index (χ0) is 16.4. The Morgan fingerprint density at radius 1 is 1.43 bits per heavy atom. The van der Waals surface area contributed by atoms with Gasteiger partial charge < -0.3 is 19.9 Å². The van der Waals surface area contributed by atoms with Crippen LogP contribution in [-0.4, -0.2) is 39.6 Å². The molecule has 1 aromatic heterocycles. The number of hydrogen-bond donors (Lipinski definition) is 2. The summed E-state index contributed by atoms with van der Waals surface area (Å²) in [7, 11) is 1.56. The molecule has 0 radical (unpaired) electrons. The molecule has 1 atom stereocenters. The minimum Gasteiger partial charge on any atom is -0.493 e. The Balaban J connectivity index is 2.05. The lowest BCUT2D eigenvalue weighted by atomic mass is 10.0. The Morgan fingerprint density at radius 2 is 2.26 bits per heavy atom. The van der Waals surface area contributed by atoms with E-state index in [0.29, 0.717) is 24.1 Å². The number of carboxylic acids is 1. The van der Waals surface area contributed by atoms with Crippen molar-refractivity contribution >= 4 is 11.9 Å². The van der Waals surface area contributed by atoms with Crippen LogP contribution in [0.15, 0.2) is 36.3 Å². The smallest absolute Gasteiger partial charge is 0.352 e. The number of benzene rings is 1. The zero-order valence-electron chi connectivity index (χ0n) is 12.7. The van der Waals surface area contributed by atoms with E-state index in [0.717, 1.165) is 5.56 Å². The molecular weight excluding hydrogens is 300 g/mol. The summed E-state index contributed by atoms with van der Waals surface area (Å²) in [6.45, 7) is 2.42. The summed E-state index contributed by atoms with van der Waals surface area (Å²) < 4.78 is 12.5. The van der Waals surface area contributed by atoms with Crippen molar-refractivity contribution in [2.75, 3.05) is 19.0 Å². The van der Waals surface area contributed by atoms with Gasteiger partial charge in [-0.3, -0.25) is 0 Å². The highest BCUT2D eigenvalue weighted by molar-refractivity contribution is 5.90. The number of carbonyl (C=O) groups is 1. The maximum absolute atomic E-state index is 11.3. The molecule has 0 amide bonds. The van der Waals surface area contributed by atoms with Crippen molar-refractivity contribution in [3.05, 3.63) is 41.9 Å². The van der Waals surface area contributed by atoms with Crippen molar-refractivity contribution in [1.29, 1.82) is 0 Å². The maximum atomic E-state index is 11.3. The van der Waals surface area contributed by atoms with Crippen LogP contribution in [-0.2, 0) is 4.79 Å². The number of rotatable bonds is 5. The summed E-state index contributed by atoms with van der Waals surface area (Å²) in [4.78, 5) is 15.3. The van der Waals surface area contributed by atoms with Gasteiger partial charge in [-0.25, -0.2) is 9.48 Å². The van der Waals surface area contributed by atoms with Crippen LogP contribution in [0.25, 0.3) is 0 Å². The molecule has 0 saturated heterocycles. The molecule has 0 unspecified atom stereocenters. The Labute approximate surface area is 132 Å². The molecule has 0 bridgehead atoms. The molecular formula is C15H16N4O4. The number of aromatic nitrogens is 3. The topological polar surface area (TPSA) is 98.5 Å². The number of carboxylic acid groups (broad SMARTS) is 1. The zero-order valence-corrected chi connectivity index (χ0v) is 12.7. The first-order valence-corrected chi connectivity index (χ1v) is 7.06. The number of nitrogens with zero attached hydrogens (tertiary/aromatic N) is 3. The van der Waals surface area contributed by atoms with Gasteiger partial charge in [0.25, 0.3) is 0 Å². The van der Waals surface area contributed by atoms with E-state index in [1.807, 2.05) is 19.1 Å². The largest absolute Gasteiger partial charge is 0.493 e. The first-order chi connectivity index (χ1) is 11.1. The molecule has 0 saturated carbocycles. The Morgan fingerprint density at radius 3 is 2.96 bits per heavy atom. The fourth-order valence-corrected chi connectivity index (χ4v) is 2.44. The molecule has 8 heteroatoms. The van der Waals surface area contributed by atoms with Gasteiger partial charge in [0.1, 0.15) is 18.1 Å². The van der Waals surface area contributed by atoms with Gasteiger partial charge in [-0.05, 0) is 30.7 Å². The second kappa shape index (κ2) is 5.99. The van der Waals surface area contributed by atoms with Crippen LogP contribution in [0.5, 0.6) is 11.5 Å². The minimum absolute atomic E-state index is 0.0587. The third-order valence-electron chi connectivity index (χ3n) is 3.47. The van der Waals surface area contributed by atoms with E-state index in [1.54, 1.807) is 23.9 Å². The summed E-state index contributed by atoms with van der Waals surface area (Å²) in [5.41, 5.74) is 0.876. The standard InChI is InChI=1S/C15H16N4O4/c1-3-23-12-5-4-9(6-13(12)22-2)11-7-10(14(20)21)18-15-16-8-17-19(11)15/h4-8,11H,3H2,1-2H3,(H,20,21)(H,16,17,18)/t11-/m1/s1. The van der Waals surface area contributed by atoms with Crippen molar-refractivity contribution in [2.24, 2.45) is 0 Å². The number of nitrogens with one attached hydrogen (secondary N) is 1. The number of methoxy groups -OCH3 is 1. The molecule has 1 aromatic carbocycles. The predicted octanol–water partition coefficient (Wildman–Crippen LogP) is 1.67. The van der Waals surface area contributed by atoms with E-state index < -0.39 is 12.0 Å². The van der Waals surface area contributed by atoms with Gasteiger partial charge in [0.2, 0.25) is 5.95 Å². The summed E-state index contributed by atoms with van der Waals surface area (Å²) in [5, 5.41) is 16.1. The third-order valence-corrected chi connectivity index (χ3v) is 3.47. The lowest BCUT2D eigenvalue weighted by Crippen LogP contribution is -2.24. The van der Waals surface area contributed by atoms with Gasteiger partial charge in [0.05, 0.1) is 13.7 Å². The van der Waals surface area contributed by atoms with E-state index >= 15 is 0 Å². The molecule has 0 fully saturated rings. The van der Waals surface area contributed by atoms with Crippen molar-refractivity contribution in [3.63, 3.8) is 0 Å². The normalized spacial score (nSPS) is 16.1. The Hall–Kier alpha value is -3.03. The van der Waals surface area contributed by atoms with Crippen LogP contribution in [0.1, 0.15) is 18.5 Å². The molecule has 120 valence electrons. The molecule has 1 aliphatic rings. The summed E-state index contributed by atoms with van der Waals surface area (Å²) in [6.07, 6.45) is 2.96. The SMILES string of the molecule is CCOc1ccc([C@H]2C=C(C(=O)O)Nc3ncnn32)cc1OC. The summed E-state index contributed by atoms with van der Waals surface area (Å²) in [6, 6.07) is 5.06. The molecule has 1 aliphatic heterocycles. The Kier molecular flexibility index (Phi) is 3.88. The van der Waals surface area contributed by atoms with Crippen LogP contribution in [0, 0.1) is 0 Å². The van der Waals surface area contributed by atoms with Gasteiger partial charge in [0.15, 0.2) is 11.5 Å². The van der Waals surface area contributed by atoms with Gasteiger partial charge in [0, 0.05) is 0 Å². The van der Waals surface area contributed by atoms with Gasteiger partial charge >= 0.3 is 5.97 Å². The second-order valence-electron chi connectivity index (χ2n) is 4.83. The van der Waals surface area contributed by atoms with Crippen molar-refractivity contribution in [1.82, 2.24) is 14.8 Å². The fraction of sp³-hybridized carbons (Fsp3) is 0.267. The van der Waals surface area contributed by atoms with E-state index in [-0.39, 0.29) is 5.70 Å².